The molecule has 0 fully saturated rings. The van der Waals surface area contributed by atoms with Crippen LogP contribution < -0.4 is 5.73 Å². The van der Waals surface area contributed by atoms with E-state index in [9.17, 15) is 31.1 Å². The Morgan fingerprint density at radius 1 is 1.06 bits per heavy atom. The van der Waals surface area contributed by atoms with Crippen molar-refractivity contribution in [2.24, 2.45) is 5.73 Å². The molecule has 2 N–H and O–H groups in total. The minimum atomic E-state index is -4.68. The quantitative estimate of drug-likeness (QED) is 0.444. The number of nitrogens with zero attached hydrogens (tertiary/aromatic N) is 4. The monoisotopic (exact) mass is 483 g/mol. The van der Waals surface area contributed by atoms with E-state index < -0.39 is 41.4 Å². The largest absolute Gasteiger partial charge is 0.449 e. The minimum absolute atomic E-state index is 0.00663. The van der Waals surface area contributed by atoms with Crippen molar-refractivity contribution in [1.82, 2.24) is 19.4 Å². The van der Waals surface area contributed by atoms with E-state index >= 15 is 0 Å². The molecule has 1 aromatic carbocycles. The van der Waals surface area contributed by atoms with Crippen molar-refractivity contribution in [3.05, 3.63) is 71.2 Å². The van der Waals surface area contributed by atoms with Gasteiger partial charge in [0, 0.05) is 49.6 Å². The molecular weight excluding hydrogens is 464 g/mol. The molecule has 34 heavy (non-hydrogen) atoms. The van der Waals surface area contributed by atoms with E-state index in [1.165, 1.54) is 29.4 Å². The molecular formula is C22H19F6N5O. The Hall–Kier alpha value is -3.41. The number of fused-ring (bicyclic) bond motifs is 1. The van der Waals surface area contributed by atoms with E-state index in [1.807, 2.05) is 0 Å². The number of carbonyl (C=O) groups excluding carboxylic acids is 1. The van der Waals surface area contributed by atoms with Gasteiger partial charge in [-0.1, -0.05) is 0 Å². The predicted octanol–water partition coefficient (Wildman–Crippen LogP) is 3.68. The average molecular weight is 483 g/mol. The van der Waals surface area contributed by atoms with Crippen LogP contribution in [0.15, 0.2) is 36.7 Å². The van der Waals surface area contributed by atoms with Crippen LogP contribution in [0.2, 0.25) is 0 Å². The number of benzene rings is 1. The zero-order valence-electron chi connectivity index (χ0n) is 17.6. The Morgan fingerprint density at radius 2 is 1.74 bits per heavy atom. The van der Waals surface area contributed by atoms with E-state index in [0.717, 1.165) is 4.57 Å². The first-order chi connectivity index (χ1) is 16.0. The molecule has 0 unspecified atom stereocenters. The molecule has 3 aromatic rings. The summed E-state index contributed by atoms with van der Waals surface area (Å²) in [5.41, 5.74) is 6.51. The molecule has 3 heterocycles. The topological polar surface area (TPSA) is 77.0 Å². The SMILES string of the molecule is N[C@@H](CC(=O)N1CCn2c(C(F)(F)F)nc(-c3ccncc3)c2C1)Cc1cc(F)c(F)cc1F. The number of alkyl halides is 3. The van der Waals surface area contributed by atoms with Crippen molar-refractivity contribution in [2.45, 2.75) is 38.1 Å². The third-order valence-corrected chi connectivity index (χ3v) is 5.57. The molecule has 0 aliphatic carbocycles. The van der Waals surface area contributed by atoms with E-state index in [1.54, 1.807) is 0 Å². The Balaban J connectivity index is 1.53. The average Bonchev–Trinajstić information content (AvgIpc) is 3.17. The Morgan fingerprint density at radius 3 is 2.41 bits per heavy atom. The van der Waals surface area contributed by atoms with Crippen LogP contribution in [0, 0.1) is 17.5 Å². The highest BCUT2D eigenvalue weighted by atomic mass is 19.4. The van der Waals surface area contributed by atoms with E-state index in [2.05, 4.69) is 9.97 Å². The molecule has 1 aliphatic heterocycles. The molecule has 0 radical (unpaired) electrons. The molecule has 12 heteroatoms. The van der Waals surface area contributed by atoms with E-state index in [4.69, 9.17) is 5.73 Å². The van der Waals surface area contributed by atoms with Gasteiger partial charge in [-0.3, -0.25) is 9.78 Å². The van der Waals surface area contributed by atoms with Crippen molar-refractivity contribution in [2.75, 3.05) is 6.54 Å². The molecule has 1 aliphatic rings. The highest BCUT2D eigenvalue weighted by Gasteiger charge is 2.40. The molecule has 6 nitrogen and oxygen atoms in total. The van der Waals surface area contributed by atoms with Gasteiger partial charge in [0.2, 0.25) is 11.7 Å². The summed E-state index contributed by atoms with van der Waals surface area (Å²) in [5, 5.41) is 0. The van der Waals surface area contributed by atoms with Crippen molar-refractivity contribution in [3.8, 4) is 11.3 Å². The minimum Gasteiger partial charge on any atom is -0.335 e. The zero-order valence-corrected chi connectivity index (χ0v) is 17.6. The van der Waals surface area contributed by atoms with Gasteiger partial charge in [0.25, 0.3) is 0 Å². The number of imidazole rings is 1. The van der Waals surface area contributed by atoms with Gasteiger partial charge in [0.1, 0.15) is 5.82 Å². The van der Waals surface area contributed by atoms with Crippen LogP contribution in [0.3, 0.4) is 0 Å². The molecule has 2 aromatic heterocycles. The van der Waals surface area contributed by atoms with Crippen LogP contribution in [0.25, 0.3) is 11.3 Å². The van der Waals surface area contributed by atoms with Gasteiger partial charge in [-0.05, 0) is 30.2 Å². The van der Waals surface area contributed by atoms with Gasteiger partial charge in [0.05, 0.1) is 17.9 Å². The summed E-state index contributed by atoms with van der Waals surface area (Å²) >= 11 is 0. The number of hydrogen-bond acceptors (Lipinski definition) is 4. The number of rotatable bonds is 5. The first-order valence-corrected chi connectivity index (χ1v) is 10.3. The fraction of sp³-hybridized carbons (Fsp3) is 0.318. The predicted molar refractivity (Wildman–Crippen MR) is 108 cm³/mol. The van der Waals surface area contributed by atoms with Gasteiger partial charge >= 0.3 is 6.18 Å². The van der Waals surface area contributed by atoms with Crippen LogP contribution in [-0.4, -0.2) is 37.9 Å². The maximum absolute atomic E-state index is 13.9. The number of halogens is 6. The maximum Gasteiger partial charge on any atom is 0.449 e. The molecule has 0 saturated carbocycles. The summed E-state index contributed by atoms with van der Waals surface area (Å²) in [6.07, 6.45) is -2.31. The van der Waals surface area contributed by atoms with Gasteiger partial charge in [-0.2, -0.15) is 13.2 Å². The van der Waals surface area contributed by atoms with Crippen molar-refractivity contribution in [1.29, 1.82) is 0 Å². The lowest BCUT2D eigenvalue weighted by Crippen LogP contribution is -2.42. The number of carbonyl (C=O) groups is 1. The number of pyridine rings is 1. The highest BCUT2D eigenvalue weighted by Crippen LogP contribution is 2.35. The highest BCUT2D eigenvalue weighted by molar-refractivity contribution is 5.77. The first kappa shape index (κ1) is 23.7. The summed E-state index contributed by atoms with van der Waals surface area (Å²) in [4.78, 5) is 21.8. The second kappa shape index (κ2) is 9.09. The Labute approximate surface area is 190 Å². The van der Waals surface area contributed by atoms with Crippen LogP contribution in [0.5, 0.6) is 0 Å². The third kappa shape index (κ3) is 4.76. The first-order valence-electron chi connectivity index (χ1n) is 10.3. The van der Waals surface area contributed by atoms with Crippen molar-refractivity contribution in [3.63, 3.8) is 0 Å². The molecule has 1 atom stereocenters. The fourth-order valence-electron chi connectivity index (χ4n) is 3.97. The van der Waals surface area contributed by atoms with Gasteiger partial charge in [-0.25, -0.2) is 18.2 Å². The smallest absolute Gasteiger partial charge is 0.335 e. The molecule has 0 saturated heterocycles. The van der Waals surface area contributed by atoms with Crippen LogP contribution in [0.4, 0.5) is 26.3 Å². The lowest BCUT2D eigenvalue weighted by atomic mass is 10.0. The number of amides is 1. The summed E-state index contributed by atoms with van der Waals surface area (Å²) in [6.45, 7) is -0.264. The Kier molecular flexibility index (Phi) is 6.34. The summed E-state index contributed by atoms with van der Waals surface area (Å²) in [7, 11) is 0. The van der Waals surface area contributed by atoms with Crippen LogP contribution in [0.1, 0.15) is 23.5 Å². The second-order valence-corrected chi connectivity index (χ2v) is 7.96. The molecule has 180 valence electrons. The second-order valence-electron chi connectivity index (χ2n) is 7.96. The molecule has 4 rings (SSSR count). The summed E-state index contributed by atoms with van der Waals surface area (Å²) < 4.78 is 82.1. The third-order valence-electron chi connectivity index (χ3n) is 5.57. The number of aromatic nitrogens is 3. The van der Waals surface area contributed by atoms with Crippen LogP contribution >= 0.6 is 0 Å². The normalized spacial score (nSPS) is 14.7. The molecule has 0 spiro atoms. The lowest BCUT2D eigenvalue weighted by Gasteiger charge is -2.30. The van der Waals surface area contributed by atoms with Crippen molar-refractivity contribution < 1.29 is 31.1 Å². The maximum atomic E-state index is 13.9. The lowest BCUT2D eigenvalue weighted by molar-refractivity contribution is -0.148. The van der Waals surface area contributed by atoms with E-state index in [-0.39, 0.29) is 49.4 Å². The van der Waals surface area contributed by atoms with Gasteiger partial charge < -0.3 is 15.2 Å². The van der Waals surface area contributed by atoms with Crippen molar-refractivity contribution >= 4 is 5.91 Å². The summed E-state index contributed by atoms with van der Waals surface area (Å²) in [6, 6.07) is 3.23. The van der Waals surface area contributed by atoms with Crippen LogP contribution in [-0.2, 0) is 30.5 Å². The van der Waals surface area contributed by atoms with Gasteiger partial charge in [0.15, 0.2) is 11.6 Å². The summed E-state index contributed by atoms with van der Waals surface area (Å²) in [5.74, 6) is -5.06. The van der Waals surface area contributed by atoms with E-state index in [0.29, 0.717) is 17.7 Å². The Bertz CT molecular complexity index is 1210. The number of nitrogens with two attached hydrogens (primary N) is 1. The van der Waals surface area contributed by atoms with Gasteiger partial charge in [-0.15, -0.1) is 0 Å². The molecule has 0 bridgehead atoms. The molecule has 1 amide bonds. The standard InChI is InChI=1S/C22H19F6N5O/c23-15-10-17(25)16(24)8-13(15)7-14(29)9-19(34)32-5-6-33-18(11-32)20(12-1-3-30-4-2-12)31-21(33)22(26,27)28/h1-4,8,10,14H,5-7,9,11,29H2/t14-/m1/s1. The fourth-order valence-corrected chi connectivity index (χ4v) is 3.97. The zero-order chi connectivity index (χ0) is 24.6. The number of hydrogen-bond donors (Lipinski definition) is 1.